The van der Waals surface area contributed by atoms with Crippen LogP contribution >= 0.6 is 11.6 Å². The number of pyridine rings is 1. The Morgan fingerprint density at radius 1 is 1.09 bits per heavy atom. The van der Waals surface area contributed by atoms with Gasteiger partial charge in [0, 0.05) is 35.9 Å². The van der Waals surface area contributed by atoms with Crippen molar-refractivity contribution in [1.29, 1.82) is 0 Å². The first-order valence-corrected chi connectivity index (χ1v) is 14.1. The van der Waals surface area contributed by atoms with Gasteiger partial charge in [-0.25, -0.2) is 19.2 Å². The van der Waals surface area contributed by atoms with Crippen molar-refractivity contribution in [3.8, 4) is 5.88 Å². The summed E-state index contributed by atoms with van der Waals surface area (Å²) in [7, 11) is 0. The largest absolute Gasteiger partial charge is 0.478 e. The van der Waals surface area contributed by atoms with Gasteiger partial charge in [-0.1, -0.05) is 29.8 Å². The van der Waals surface area contributed by atoms with Crippen LogP contribution in [-0.2, 0) is 26.2 Å². The molecule has 0 atom stereocenters. The summed E-state index contributed by atoms with van der Waals surface area (Å²) in [5, 5.41) is 16.6. The Morgan fingerprint density at radius 2 is 1.95 bits per heavy atom. The van der Waals surface area contributed by atoms with E-state index in [4.69, 9.17) is 21.3 Å². The van der Waals surface area contributed by atoms with Crippen molar-refractivity contribution in [3.05, 3.63) is 101 Å². The number of carboxylic acids is 1. The third-order valence-electron chi connectivity index (χ3n) is 7.22. The summed E-state index contributed by atoms with van der Waals surface area (Å²) in [5.74, 6) is 0.237. The molecule has 1 N–H and O–H groups in total. The normalized spacial score (nSPS) is 13.2. The number of aromatic nitrogens is 5. The highest BCUT2D eigenvalue weighted by Crippen LogP contribution is 2.24. The Morgan fingerprint density at radius 3 is 2.72 bits per heavy atom. The minimum atomic E-state index is -1.02. The van der Waals surface area contributed by atoms with Gasteiger partial charge in [0.05, 0.1) is 42.7 Å². The van der Waals surface area contributed by atoms with Crippen LogP contribution in [0.2, 0.25) is 5.02 Å². The Kier molecular flexibility index (Phi) is 7.93. The third kappa shape index (κ3) is 6.00. The van der Waals surface area contributed by atoms with Crippen LogP contribution in [0.5, 0.6) is 5.88 Å². The molecule has 1 aliphatic rings. The lowest BCUT2D eigenvalue weighted by atomic mass is 10.2. The van der Waals surface area contributed by atoms with E-state index in [9.17, 15) is 14.3 Å². The molecule has 1 aliphatic heterocycles. The number of aromatic carboxylic acids is 1. The van der Waals surface area contributed by atoms with E-state index in [1.807, 2.05) is 50.4 Å². The van der Waals surface area contributed by atoms with Crippen LogP contribution in [0.15, 0.2) is 72.2 Å². The SMILES string of the molecule is CCn1cncc1Cn1c(CN2CCN(c3cccc(OCc4ccc(Cl)cc4F)n3)C=N2)nc2c(C(=O)O)cccc21. The molecule has 11 nitrogen and oxygen atoms in total. The first-order valence-electron chi connectivity index (χ1n) is 13.7. The number of nitrogens with zero attached hydrogens (tertiary/aromatic N) is 8. The molecule has 0 amide bonds. The molecule has 0 unspecified atom stereocenters. The highest BCUT2D eigenvalue weighted by molar-refractivity contribution is 6.30. The molecule has 0 fully saturated rings. The summed E-state index contributed by atoms with van der Waals surface area (Å²) in [6.07, 6.45) is 5.29. The second-order valence-corrected chi connectivity index (χ2v) is 10.4. The molecule has 2 aromatic carbocycles. The Labute approximate surface area is 251 Å². The predicted molar refractivity (Wildman–Crippen MR) is 160 cm³/mol. The van der Waals surface area contributed by atoms with Crippen LogP contribution in [0.3, 0.4) is 0 Å². The first-order chi connectivity index (χ1) is 20.9. The summed E-state index contributed by atoms with van der Waals surface area (Å²) in [4.78, 5) is 27.5. The molecule has 0 saturated carbocycles. The average molecular weight is 603 g/mol. The molecule has 5 aromatic rings. The zero-order valence-electron chi connectivity index (χ0n) is 23.3. The predicted octanol–water partition coefficient (Wildman–Crippen LogP) is 5.03. The zero-order valence-corrected chi connectivity index (χ0v) is 24.0. The fourth-order valence-corrected chi connectivity index (χ4v) is 5.12. The van der Waals surface area contributed by atoms with Gasteiger partial charge in [-0.15, -0.1) is 0 Å². The van der Waals surface area contributed by atoms with E-state index < -0.39 is 11.8 Å². The smallest absolute Gasteiger partial charge is 0.337 e. The van der Waals surface area contributed by atoms with Gasteiger partial charge < -0.3 is 23.9 Å². The quantitative estimate of drug-likeness (QED) is 0.237. The Balaban J connectivity index is 1.19. The Bertz CT molecular complexity index is 1820. The highest BCUT2D eigenvalue weighted by atomic mass is 35.5. The van der Waals surface area contributed by atoms with Gasteiger partial charge in [-0.05, 0) is 37.3 Å². The van der Waals surface area contributed by atoms with E-state index in [0.29, 0.717) is 59.8 Å². The van der Waals surface area contributed by atoms with Gasteiger partial charge in [0.15, 0.2) is 0 Å². The van der Waals surface area contributed by atoms with E-state index in [2.05, 4.69) is 15.1 Å². The lowest BCUT2D eigenvalue weighted by molar-refractivity contribution is 0.0699. The number of halogens is 2. The number of fused-ring (bicyclic) bond motifs is 1. The molecule has 0 bridgehead atoms. The van der Waals surface area contributed by atoms with E-state index >= 15 is 0 Å². The van der Waals surface area contributed by atoms with Crippen LogP contribution in [0, 0.1) is 5.82 Å². The number of anilines is 1. The van der Waals surface area contributed by atoms with Crippen molar-refractivity contribution < 1.29 is 19.0 Å². The number of ether oxygens (including phenoxy) is 1. The molecule has 0 aliphatic carbocycles. The maximum absolute atomic E-state index is 14.1. The van der Waals surface area contributed by atoms with Crippen molar-refractivity contribution in [2.24, 2.45) is 5.10 Å². The number of carboxylic acid groups (broad SMARTS) is 1. The monoisotopic (exact) mass is 602 g/mol. The fourth-order valence-electron chi connectivity index (χ4n) is 4.96. The van der Waals surface area contributed by atoms with E-state index in [1.165, 1.54) is 6.07 Å². The Hall–Kier alpha value is -4.97. The van der Waals surface area contributed by atoms with Crippen molar-refractivity contribution in [2.75, 3.05) is 18.0 Å². The topological polar surface area (TPSA) is 114 Å². The number of aryl methyl sites for hydroxylation is 1. The van der Waals surface area contributed by atoms with Crippen LogP contribution in [-0.4, -0.2) is 59.6 Å². The number of hydrazone groups is 1. The standard InChI is InChI=1S/C30H28ClFN8O3/c1-2-37-18-33-14-22(37)15-40-25-6-3-5-23(30(41)42)29(25)36-27(40)16-39-12-11-38(19-34-39)26-7-4-8-28(35-26)43-17-20-9-10-21(31)13-24(20)32/h3-10,13-14,18-19H,2,11-12,15-17H2,1H3,(H,41,42). The molecule has 6 rings (SSSR count). The number of imidazole rings is 2. The summed E-state index contributed by atoms with van der Waals surface area (Å²) in [6, 6.07) is 15.0. The second kappa shape index (κ2) is 12.1. The highest BCUT2D eigenvalue weighted by Gasteiger charge is 2.21. The minimum Gasteiger partial charge on any atom is -0.478 e. The second-order valence-electron chi connectivity index (χ2n) is 9.93. The number of carbonyl (C=O) groups is 1. The van der Waals surface area contributed by atoms with Gasteiger partial charge in [0.25, 0.3) is 0 Å². The van der Waals surface area contributed by atoms with E-state index in [-0.39, 0.29) is 12.2 Å². The molecular weight excluding hydrogens is 575 g/mol. The molecule has 3 aromatic heterocycles. The van der Waals surface area contributed by atoms with Crippen molar-refractivity contribution >= 4 is 40.8 Å². The molecule has 0 radical (unpaired) electrons. The summed E-state index contributed by atoms with van der Waals surface area (Å²) >= 11 is 5.84. The van der Waals surface area contributed by atoms with Crippen molar-refractivity contribution in [1.82, 2.24) is 29.1 Å². The molecule has 0 saturated heterocycles. The summed E-state index contributed by atoms with van der Waals surface area (Å²) < 4.78 is 23.9. The van der Waals surface area contributed by atoms with Gasteiger partial charge in [-0.3, -0.25) is 5.01 Å². The number of rotatable bonds is 10. The lowest BCUT2D eigenvalue weighted by Gasteiger charge is -2.29. The lowest BCUT2D eigenvalue weighted by Crippen LogP contribution is -2.38. The van der Waals surface area contributed by atoms with Crippen LogP contribution < -0.4 is 9.64 Å². The average Bonchev–Trinajstić information content (AvgIpc) is 3.61. The van der Waals surface area contributed by atoms with Crippen LogP contribution in [0.4, 0.5) is 10.2 Å². The number of para-hydroxylation sites is 1. The van der Waals surface area contributed by atoms with E-state index in [1.54, 1.807) is 43.0 Å². The van der Waals surface area contributed by atoms with E-state index in [0.717, 1.165) is 17.8 Å². The molecule has 4 heterocycles. The van der Waals surface area contributed by atoms with Gasteiger partial charge in [0.2, 0.25) is 5.88 Å². The van der Waals surface area contributed by atoms with Crippen molar-refractivity contribution in [3.63, 3.8) is 0 Å². The number of hydrogen-bond acceptors (Lipinski definition) is 8. The fraction of sp³-hybridized carbons (Fsp3) is 0.233. The molecular formula is C30H28ClFN8O3. The molecule has 13 heteroatoms. The van der Waals surface area contributed by atoms with Gasteiger partial charge in [0.1, 0.15) is 35.9 Å². The molecule has 43 heavy (non-hydrogen) atoms. The maximum atomic E-state index is 14.1. The van der Waals surface area contributed by atoms with Gasteiger partial charge >= 0.3 is 5.97 Å². The summed E-state index contributed by atoms with van der Waals surface area (Å²) in [5.41, 5.74) is 2.70. The minimum absolute atomic E-state index is 0.0188. The first kappa shape index (κ1) is 28.2. The number of hydrogen-bond donors (Lipinski definition) is 1. The third-order valence-corrected chi connectivity index (χ3v) is 7.45. The molecule has 220 valence electrons. The molecule has 0 spiro atoms. The van der Waals surface area contributed by atoms with Gasteiger partial charge in [-0.2, -0.15) is 10.1 Å². The maximum Gasteiger partial charge on any atom is 0.337 e. The van der Waals surface area contributed by atoms with Crippen LogP contribution in [0.1, 0.15) is 34.4 Å². The number of benzene rings is 2. The van der Waals surface area contributed by atoms with Crippen LogP contribution in [0.25, 0.3) is 11.0 Å². The van der Waals surface area contributed by atoms with Crippen molar-refractivity contribution in [2.45, 2.75) is 33.2 Å². The zero-order chi connectivity index (χ0) is 29.9. The summed E-state index contributed by atoms with van der Waals surface area (Å²) in [6.45, 7) is 4.86.